The van der Waals surface area contributed by atoms with Gasteiger partial charge in [0.1, 0.15) is 5.82 Å². The molecule has 1 aromatic carbocycles. The average molecular weight is 172 g/mol. The van der Waals surface area contributed by atoms with Crippen molar-refractivity contribution in [3.63, 3.8) is 0 Å². The first kappa shape index (κ1) is 8.05. The zero-order chi connectivity index (χ0) is 9.26. The zero-order valence-corrected chi connectivity index (χ0v) is 7.67. The number of hydrogen-bond donors (Lipinski definition) is 1. The Balaban J connectivity index is 2.44. The van der Waals surface area contributed by atoms with Crippen molar-refractivity contribution >= 4 is 11.0 Å². The molecule has 0 unspecified atom stereocenters. The van der Waals surface area contributed by atoms with E-state index in [1.54, 1.807) is 0 Å². The van der Waals surface area contributed by atoms with Gasteiger partial charge in [-0.3, -0.25) is 0 Å². The monoisotopic (exact) mass is 172 g/mol. The molecule has 13 heavy (non-hydrogen) atoms. The van der Waals surface area contributed by atoms with Gasteiger partial charge in [-0.2, -0.15) is 0 Å². The Bertz CT molecular complexity index is 407. The van der Waals surface area contributed by atoms with Gasteiger partial charge < -0.3 is 4.98 Å². The molecule has 0 aliphatic rings. The van der Waals surface area contributed by atoms with E-state index in [4.69, 9.17) is 0 Å². The average Bonchev–Trinajstić information content (AvgIpc) is 2.44. The smallest absolute Gasteiger partial charge is 0.111 e. The highest BCUT2D eigenvalue weighted by molar-refractivity contribution is 5.74. The predicted molar refractivity (Wildman–Crippen MR) is 54.6 cm³/mol. The number of imidazole rings is 1. The largest absolute Gasteiger partial charge is 0.342 e. The fourth-order valence-electron chi connectivity index (χ4n) is 1.38. The van der Waals surface area contributed by atoms with Gasteiger partial charge >= 0.3 is 0 Å². The molecule has 0 bridgehead atoms. The molecule has 0 atom stereocenters. The van der Waals surface area contributed by atoms with Crippen LogP contribution in [0.5, 0.6) is 0 Å². The molecule has 1 N–H and O–H groups in total. The number of aromatic nitrogens is 2. The molecule has 2 aromatic rings. The van der Waals surface area contributed by atoms with Gasteiger partial charge in [0.05, 0.1) is 11.0 Å². The highest BCUT2D eigenvalue weighted by Crippen LogP contribution is 2.11. The summed E-state index contributed by atoms with van der Waals surface area (Å²) in [6.45, 7) is 5.87. The molecule has 2 heteroatoms. The van der Waals surface area contributed by atoms with E-state index in [9.17, 15) is 0 Å². The third-order valence-corrected chi connectivity index (χ3v) is 1.91. The summed E-state index contributed by atoms with van der Waals surface area (Å²) in [6.07, 6.45) is 0.828. The van der Waals surface area contributed by atoms with Crippen LogP contribution in [0.3, 0.4) is 0 Å². The van der Waals surface area contributed by atoms with Crippen LogP contribution in [0.25, 0.3) is 11.0 Å². The summed E-state index contributed by atoms with van der Waals surface area (Å²) >= 11 is 0. The lowest BCUT2D eigenvalue weighted by Crippen LogP contribution is -1.87. The molecule has 2 rings (SSSR count). The summed E-state index contributed by atoms with van der Waals surface area (Å²) in [5.41, 5.74) is 3.25. The van der Waals surface area contributed by atoms with Crippen LogP contribution in [-0.4, -0.2) is 9.97 Å². The highest BCUT2D eigenvalue weighted by atomic mass is 14.9. The first-order valence-corrected chi connectivity index (χ1v) is 4.34. The normalized spacial score (nSPS) is 10.5. The number of nitrogens with one attached hydrogen (secondary N) is 1. The van der Waals surface area contributed by atoms with E-state index in [2.05, 4.69) is 16.5 Å². The van der Waals surface area contributed by atoms with Crippen LogP contribution < -0.4 is 0 Å². The Morgan fingerprint density at radius 1 is 1.46 bits per heavy atom. The number of para-hydroxylation sites is 2. The quantitative estimate of drug-likeness (QED) is 0.693. The second-order valence-electron chi connectivity index (χ2n) is 3.33. The molecule has 66 valence electrons. The van der Waals surface area contributed by atoms with Crippen molar-refractivity contribution in [3.8, 4) is 0 Å². The van der Waals surface area contributed by atoms with E-state index >= 15 is 0 Å². The van der Waals surface area contributed by atoms with Crippen molar-refractivity contribution in [2.75, 3.05) is 0 Å². The first-order chi connectivity index (χ1) is 6.25. The first-order valence-electron chi connectivity index (χ1n) is 4.34. The molecule has 1 aromatic heterocycles. The molecule has 0 amide bonds. The number of H-pyrrole nitrogens is 1. The lowest BCUT2D eigenvalue weighted by atomic mass is 10.2. The van der Waals surface area contributed by atoms with E-state index in [1.165, 1.54) is 0 Å². The van der Waals surface area contributed by atoms with Crippen molar-refractivity contribution in [3.05, 3.63) is 42.2 Å². The highest BCUT2D eigenvalue weighted by Gasteiger charge is 2.00. The minimum atomic E-state index is 0.828. The van der Waals surface area contributed by atoms with Crippen molar-refractivity contribution < 1.29 is 0 Å². The SMILES string of the molecule is C=C(C)Cc1nc2ccccc2[nH]1. The Kier molecular flexibility index (Phi) is 1.89. The minimum Gasteiger partial charge on any atom is -0.342 e. The number of hydrogen-bond acceptors (Lipinski definition) is 1. The van der Waals surface area contributed by atoms with Gasteiger partial charge in [-0.15, -0.1) is 0 Å². The van der Waals surface area contributed by atoms with Crippen LogP contribution in [0.15, 0.2) is 36.4 Å². The van der Waals surface area contributed by atoms with Crippen molar-refractivity contribution in [2.24, 2.45) is 0 Å². The summed E-state index contributed by atoms with van der Waals surface area (Å²) in [5, 5.41) is 0. The third-order valence-electron chi connectivity index (χ3n) is 1.91. The fourth-order valence-corrected chi connectivity index (χ4v) is 1.38. The van der Waals surface area contributed by atoms with E-state index in [0.29, 0.717) is 0 Å². The molecule has 0 saturated heterocycles. The van der Waals surface area contributed by atoms with Gasteiger partial charge in [-0.05, 0) is 19.1 Å². The summed E-state index contributed by atoms with van der Waals surface area (Å²) < 4.78 is 0. The van der Waals surface area contributed by atoms with Gasteiger partial charge in [0.2, 0.25) is 0 Å². The summed E-state index contributed by atoms with van der Waals surface area (Å²) in [6, 6.07) is 8.04. The van der Waals surface area contributed by atoms with Crippen molar-refractivity contribution in [1.29, 1.82) is 0 Å². The molecule has 2 nitrogen and oxygen atoms in total. The Morgan fingerprint density at radius 3 is 2.92 bits per heavy atom. The van der Waals surface area contributed by atoms with E-state index in [-0.39, 0.29) is 0 Å². The lowest BCUT2D eigenvalue weighted by molar-refractivity contribution is 1.02. The van der Waals surface area contributed by atoms with E-state index in [0.717, 1.165) is 28.9 Å². The Labute approximate surface area is 77.3 Å². The van der Waals surface area contributed by atoms with Gasteiger partial charge in [0.25, 0.3) is 0 Å². The van der Waals surface area contributed by atoms with E-state index < -0.39 is 0 Å². The Morgan fingerprint density at radius 2 is 2.23 bits per heavy atom. The standard InChI is InChI=1S/C11H12N2/c1-8(2)7-11-12-9-5-3-4-6-10(9)13-11/h3-6H,1,7H2,2H3,(H,12,13). The number of rotatable bonds is 2. The summed E-state index contributed by atoms with van der Waals surface area (Å²) in [5.74, 6) is 0.994. The fraction of sp³-hybridized carbons (Fsp3) is 0.182. The van der Waals surface area contributed by atoms with Gasteiger partial charge in [-0.25, -0.2) is 4.98 Å². The van der Waals surface area contributed by atoms with Crippen molar-refractivity contribution in [2.45, 2.75) is 13.3 Å². The van der Waals surface area contributed by atoms with Gasteiger partial charge in [0, 0.05) is 6.42 Å². The minimum absolute atomic E-state index is 0.828. The molecular weight excluding hydrogens is 160 g/mol. The third kappa shape index (κ3) is 1.61. The topological polar surface area (TPSA) is 28.7 Å². The van der Waals surface area contributed by atoms with Crippen LogP contribution in [0.2, 0.25) is 0 Å². The molecule has 0 saturated carbocycles. The second-order valence-corrected chi connectivity index (χ2v) is 3.33. The van der Waals surface area contributed by atoms with Crippen LogP contribution in [0.1, 0.15) is 12.7 Å². The van der Waals surface area contributed by atoms with Crippen LogP contribution in [0.4, 0.5) is 0 Å². The molecule has 0 radical (unpaired) electrons. The van der Waals surface area contributed by atoms with Crippen LogP contribution in [-0.2, 0) is 6.42 Å². The maximum Gasteiger partial charge on any atom is 0.111 e. The summed E-state index contributed by atoms with van der Waals surface area (Å²) in [7, 11) is 0. The maximum absolute atomic E-state index is 4.44. The second kappa shape index (κ2) is 3.05. The number of benzene rings is 1. The number of allylic oxidation sites excluding steroid dienone is 1. The summed E-state index contributed by atoms with van der Waals surface area (Å²) in [4.78, 5) is 7.69. The van der Waals surface area contributed by atoms with Gasteiger partial charge in [-0.1, -0.05) is 24.3 Å². The zero-order valence-electron chi connectivity index (χ0n) is 7.67. The molecule has 0 spiro atoms. The molecule has 0 aliphatic heterocycles. The molecule has 0 aliphatic carbocycles. The van der Waals surface area contributed by atoms with Crippen molar-refractivity contribution in [1.82, 2.24) is 9.97 Å². The number of nitrogens with zero attached hydrogens (tertiary/aromatic N) is 1. The van der Waals surface area contributed by atoms with E-state index in [1.807, 2.05) is 31.2 Å². The van der Waals surface area contributed by atoms with Gasteiger partial charge in [0.15, 0.2) is 0 Å². The predicted octanol–water partition coefficient (Wildman–Crippen LogP) is 2.68. The number of aromatic amines is 1. The maximum atomic E-state index is 4.44. The molecule has 0 fully saturated rings. The van der Waals surface area contributed by atoms with Crippen LogP contribution >= 0.6 is 0 Å². The molecule has 1 heterocycles. The van der Waals surface area contributed by atoms with Crippen LogP contribution in [0, 0.1) is 0 Å². The lowest BCUT2D eigenvalue weighted by Gasteiger charge is -1.91. The molecular formula is C11H12N2. The Hall–Kier alpha value is -1.57. The number of fused-ring (bicyclic) bond motifs is 1.